The van der Waals surface area contributed by atoms with E-state index in [0.717, 1.165) is 6.42 Å². The minimum Gasteiger partial charge on any atom is -0.393 e. The Morgan fingerprint density at radius 3 is 1.60 bits per heavy atom. The third-order valence-electron chi connectivity index (χ3n) is 2.64. The lowest BCUT2D eigenvalue weighted by Crippen LogP contribution is -2.18. The van der Waals surface area contributed by atoms with E-state index in [1.807, 2.05) is 6.92 Å². The quantitative estimate of drug-likeness (QED) is 0.452. The van der Waals surface area contributed by atoms with Crippen molar-refractivity contribution in [1.29, 1.82) is 0 Å². The zero-order valence-corrected chi connectivity index (χ0v) is 9.60. The van der Waals surface area contributed by atoms with Crippen molar-refractivity contribution in [2.75, 3.05) is 6.54 Å². The molecule has 0 fully saturated rings. The molecule has 0 saturated carbocycles. The monoisotopic (exact) mass is 219 g/mol. The van der Waals surface area contributed by atoms with Crippen LogP contribution in [0.4, 0.5) is 0 Å². The summed E-state index contributed by atoms with van der Waals surface area (Å²) >= 11 is 0. The normalized spacial score (nSPS) is 17.4. The van der Waals surface area contributed by atoms with Gasteiger partial charge in [-0.05, 0) is 45.1 Å². The van der Waals surface area contributed by atoms with Crippen LogP contribution in [-0.4, -0.2) is 40.2 Å². The second-order valence-electron chi connectivity index (χ2n) is 4.10. The molecule has 0 amide bonds. The Morgan fingerprint density at radius 2 is 1.20 bits per heavy atom. The van der Waals surface area contributed by atoms with Crippen LogP contribution in [0.15, 0.2) is 0 Å². The number of nitrogens with two attached hydrogens (primary N) is 1. The van der Waals surface area contributed by atoms with Gasteiger partial charge in [-0.25, -0.2) is 0 Å². The lowest BCUT2D eigenvalue weighted by atomic mass is 10.0. The molecule has 0 aromatic carbocycles. The molecule has 0 aromatic heterocycles. The van der Waals surface area contributed by atoms with Crippen LogP contribution in [0.25, 0.3) is 0 Å². The van der Waals surface area contributed by atoms with Crippen molar-refractivity contribution in [2.24, 2.45) is 5.73 Å². The van der Waals surface area contributed by atoms with E-state index in [4.69, 9.17) is 5.73 Å². The maximum atomic E-state index is 9.56. The molecule has 92 valence electrons. The molecule has 4 nitrogen and oxygen atoms in total. The van der Waals surface area contributed by atoms with Crippen molar-refractivity contribution < 1.29 is 15.3 Å². The fraction of sp³-hybridized carbons (Fsp3) is 1.00. The van der Waals surface area contributed by atoms with Gasteiger partial charge in [-0.15, -0.1) is 0 Å². The second kappa shape index (κ2) is 9.09. The lowest BCUT2D eigenvalue weighted by Gasteiger charge is -2.15. The Bertz CT molecular complexity index is 144. The average Bonchev–Trinajstić information content (AvgIpc) is 2.23. The molecule has 3 unspecified atom stereocenters. The van der Waals surface area contributed by atoms with Gasteiger partial charge in [0, 0.05) is 0 Å². The summed E-state index contributed by atoms with van der Waals surface area (Å²) in [6.07, 6.45) is 2.58. The van der Waals surface area contributed by atoms with Crippen LogP contribution < -0.4 is 5.73 Å². The highest BCUT2D eigenvalue weighted by Crippen LogP contribution is 2.11. The summed E-state index contributed by atoms with van der Waals surface area (Å²) in [5.41, 5.74) is 5.30. The Labute approximate surface area is 92.1 Å². The van der Waals surface area contributed by atoms with E-state index >= 15 is 0 Å². The molecule has 0 heterocycles. The molecular formula is C11H25NO3. The molecule has 0 spiro atoms. The molecule has 0 aliphatic heterocycles. The van der Waals surface area contributed by atoms with Gasteiger partial charge in [-0.1, -0.05) is 6.92 Å². The minimum atomic E-state index is -0.418. The molecule has 0 bridgehead atoms. The smallest absolute Gasteiger partial charge is 0.0553 e. The molecule has 0 aliphatic carbocycles. The minimum absolute atomic E-state index is 0.311. The highest BCUT2D eigenvalue weighted by Gasteiger charge is 2.10. The van der Waals surface area contributed by atoms with Gasteiger partial charge in [0.2, 0.25) is 0 Å². The molecule has 3 atom stereocenters. The van der Waals surface area contributed by atoms with Crippen LogP contribution in [0.3, 0.4) is 0 Å². The van der Waals surface area contributed by atoms with Crippen molar-refractivity contribution in [2.45, 2.75) is 63.8 Å². The summed E-state index contributed by atoms with van der Waals surface area (Å²) in [6.45, 7) is 2.40. The lowest BCUT2D eigenvalue weighted by molar-refractivity contribution is 0.0858. The summed E-state index contributed by atoms with van der Waals surface area (Å²) < 4.78 is 0. The molecule has 5 N–H and O–H groups in total. The van der Waals surface area contributed by atoms with Gasteiger partial charge in [0.25, 0.3) is 0 Å². The summed E-state index contributed by atoms with van der Waals surface area (Å²) in [7, 11) is 0. The van der Waals surface area contributed by atoms with Gasteiger partial charge in [-0.2, -0.15) is 0 Å². The molecule has 0 aromatic rings. The van der Waals surface area contributed by atoms with E-state index in [2.05, 4.69) is 0 Å². The molecule has 15 heavy (non-hydrogen) atoms. The number of hydrogen-bond donors (Lipinski definition) is 4. The Kier molecular flexibility index (Phi) is 9.00. The first kappa shape index (κ1) is 14.8. The number of rotatable bonds is 9. The molecule has 0 rings (SSSR count). The fourth-order valence-corrected chi connectivity index (χ4v) is 1.45. The van der Waals surface area contributed by atoms with Gasteiger partial charge in [0.15, 0.2) is 0 Å². The zero-order chi connectivity index (χ0) is 11.7. The van der Waals surface area contributed by atoms with Crippen molar-refractivity contribution >= 4 is 0 Å². The molecular weight excluding hydrogens is 194 g/mol. The molecule has 0 aliphatic rings. The van der Waals surface area contributed by atoms with Crippen LogP contribution in [0.2, 0.25) is 0 Å². The SMILES string of the molecule is CCC(O)CCC(O)CCC(O)CCN. The molecule has 0 saturated heterocycles. The maximum absolute atomic E-state index is 9.56. The predicted octanol–water partition coefficient (Wildman–Crippen LogP) is 0.388. The highest BCUT2D eigenvalue weighted by molar-refractivity contribution is 4.64. The van der Waals surface area contributed by atoms with Gasteiger partial charge in [0.1, 0.15) is 0 Å². The van der Waals surface area contributed by atoms with Crippen molar-refractivity contribution in [3.63, 3.8) is 0 Å². The summed E-state index contributed by atoms with van der Waals surface area (Å²) in [5.74, 6) is 0. The number of hydrogen-bond acceptors (Lipinski definition) is 4. The zero-order valence-electron chi connectivity index (χ0n) is 9.60. The first-order valence-electron chi connectivity index (χ1n) is 5.84. The first-order chi connectivity index (χ1) is 7.10. The summed E-state index contributed by atoms with van der Waals surface area (Å²) in [6, 6.07) is 0. The Balaban J connectivity index is 3.44. The third kappa shape index (κ3) is 8.81. The van der Waals surface area contributed by atoms with E-state index < -0.39 is 12.2 Å². The van der Waals surface area contributed by atoms with Crippen LogP contribution >= 0.6 is 0 Å². The molecule has 0 radical (unpaired) electrons. The third-order valence-corrected chi connectivity index (χ3v) is 2.64. The van der Waals surface area contributed by atoms with E-state index in [-0.39, 0.29) is 6.10 Å². The largest absolute Gasteiger partial charge is 0.393 e. The van der Waals surface area contributed by atoms with Crippen LogP contribution in [0.5, 0.6) is 0 Å². The number of aliphatic hydroxyl groups excluding tert-OH is 3. The van der Waals surface area contributed by atoms with Gasteiger partial charge in [0.05, 0.1) is 18.3 Å². The fourth-order valence-electron chi connectivity index (χ4n) is 1.45. The Hall–Kier alpha value is -0.160. The van der Waals surface area contributed by atoms with E-state index in [1.165, 1.54) is 0 Å². The summed E-state index contributed by atoms with van der Waals surface area (Å²) in [4.78, 5) is 0. The highest BCUT2D eigenvalue weighted by atomic mass is 16.3. The van der Waals surface area contributed by atoms with Gasteiger partial charge < -0.3 is 21.1 Å². The van der Waals surface area contributed by atoms with Crippen molar-refractivity contribution in [1.82, 2.24) is 0 Å². The van der Waals surface area contributed by atoms with E-state index in [9.17, 15) is 15.3 Å². The topological polar surface area (TPSA) is 86.7 Å². The van der Waals surface area contributed by atoms with Crippen LogP contribution in [0.1, 0.15) is 45.4 Å². The predicted molar refractivity (Wildman–Crippen MR) is 60.5 cm³/mol. The van der Waals surface area contributed by atoms with Crippen molar-refractivity contribution in [3.05, 3.63) is 0 Å². The van der Waals surface area contributed by atoms with Crippen LogP contribution in [0, 0.1) is 0 Å². The van der Waals surface area contributed by atoms with Crippen molar-refractivity contribution in [3.8, 4) is 0 Å². The van der Waals surface area contributed by atoms with Crippen LogP contribution in [-0.2, 0) is 0 Å². The maximum Gasteiger partial charge on any atom is 0.0553 e. The number of aliphatic hydroxyl groups is 3. The van der Waals surface area contributed by atoms with E-state index in [1.54, 1.807) is 0 Å². The van der Waals surface area contributed by atoms with Gasteiger partial charge in [-0.3, -0.25) is 0 Å². The standard InChI is InChI=1S/C11H25NO3/c1-2-9(13)3-4-10(14)5-6-11(15)7-8-12/h9-11,13-15H,2-8,12H2,1H3. The average molecular weight is 219 g/mol. The first-order valence-corrected chi connectivity index (χ1v) is 5.84. The van der Waals surface area contributed by atoms with Gasteiger partial charge >= 0.3 is 0 Å². The second-order valence-corrected chi connectivity index (χ2v) is 4.10. The molecule has 4 heteroatoms. The van der Waals surface area contributed by atoms with E-state index in [0.29, 0.717) is 38.6 Å². The Morgan fingerprint density at radius 1 is 0.800 bits per heavy atom. The summed E-state index contributed by atoms with van der Waals surface area (Å²) in [5, 5.41) is 28.2.